The van der Waals surface area contributed by atoms with E-state index in [1.807, 2.05) is 18.0 Å². The van der Waals surface area contributed by atoms with Gasteiger partial charge < -0.3 is 5.73 Å². The Morgan fingerprint density at radius 1 is 1.47 bits per heavy atom. The molecule has 0 radical (unpaired) electrons. The van der Waals surface area contributed by atoms with Crippen molar-refractivity contribution in [2.24, 2.45) is 5.73 Å². The number of nitrogens with two attached hydrogens (primary N) is 1. The second kappa shape index (κ2) is 5.19. The molecule has 106 valence electrons. The Kier molecular flexibility index (Phi) is 3.94. The quantitative estimate of drug-likeness (QED) is 0.888. The van der Waals surface area contributed by atoms with Crippen LogP contribution in [0.4, 0.5) is 4.39 Å². The lowest BCUT2D eigenvalue weighted by atomic mass is 9.96. The molecule has 6 heteroatoms. The minimum absolute atomic E-state index is 0.0856. The summed E-state index contributed by atoms with van der Waals surface area (Å²) in [5.74, 6) is -0.0215. The summed E-state index contributed by atoms with van der Waals surface area (Å²) in [6, 6.07) is 6.33. The van der Waals surface area contributed by atoms with Crippen LogP contribution in [0.5, 0.6) is 0 Å². The highest BCUT2D eigenvalue weighted by atomic mass is 32.2. The van der Waals surface area contributed by atoms with E-state index in [0.717, 1.165) is 5.56 Å². The van der Waals surface area contributed by atoms with E-state index >= 15 is 0 Å². The first-order chi connectivity index (χ1) is 8.87. The molecular weight excluding hydrogens is 267 g/mol. The number of rotatable bonds is 4. The molecule has 1 fully saturated rings. The van der Waals surface area contributed by atoms with Gasteiger partial charge in [-0.05, 0) is 31.2 Å². The first-order valence-electron chi connectivity index (χ1n) is 6.23. The van der Waals surface area contributed by atoms with Crippen molar-refractivity contribution in [3.05, 3.63) is 35.6 Å². The monoisotopic (exact) mass is 286 g/mol. The largest absolute Gasteiger partial charge is 0.329 e. The van der Waals surface area contributed by atoms with E-state index in [2.05, 4.69) is 0 Å². The molecule has 2 N–H and O–H groups in total. The molecular formula is C13H19FN2O2S. The van der Waals surface area contributed by atoms with Gasteiger partial charge in [-0.25, -0.2) is 12.8 Å². The van der Waals surface area contributed by atoms with Crippen LogP contribution in [0.25, 0.3) is 0 Å². The van der Waals surface area contributed by atoms with E-state index in [4.69, 9.17) is 5.73 Å². The number of hydrogen-bond donors (Lipinski definition) is 1. The van der Waals surface area contributed by atoms with Gasteiger partial charge in [0.15, 0.2) is 9.84 Å². The zero-order chi connectivity index (χ0) is 14.1. The Balaban J connectivity index is 2.16. The van der Waals surface area contributed by atoms with E-state index < -0.39 is 15.4 Å². The van der Waals surface area contributed by atoms with Crippen LogP contribution in [0.3, 0.4) is 0 Å². The van der Waals surface area contributed by atoms with Crippen LogP contribution in [0.2, 0.25) is 0 Å². The number of nitrogens with zero attached hydrogens (tertiary/aromatic N) is 1. The number of benzene rings is 1. The summed E-state index contributed by atoms with van der Waals surface area (Å²) in [4.78, 5) is 1.94. The Morgan fingerprint density at radius 3 is 2.74 bits per heavy atom. The standard InChI is InChI=1S/C13H19FN2O2S/c1-16(8-11-3-2-4-12(14)7-11)13(9-15)5-6-19(17,18)10-13/h2-4,7H,5-6,8-10,15H2,1H3. The van der Waals surface area contributed by atoms with E-state index in [1.165, 1.54) is 12.1 Å². The van der Waals surface area contributed by atoms with Crippen molar-refractivity contribution in [2.45, 2.75) is 18.5 Å². The maximum Gasteiger partial charge on any atom is 0.152 e. The number of sulfone groups is 1. The van der Waals surface area contributed by atoms with Gasteiger partial charge in [0.05, 0.1) is 11.5 Å². The minimum Gasteiger partial charge on any atom is -0.329 e. The maximum atomic E-state index is 13.2. The van der Waals surface area contributed by atoms with Crippen molar-refractivity contribution in [1.82, 2.24) is 4.90 Å². The van der Waals surface area contributed by atoms with Crippen molar-refractivity contribution in [3.63, 3.8) is 0 Å². The summed E-state index contributed by atoms with van der Waals surface area (Å²) < 4.78 is 36.5. The fraction of sp³-hybridized carbons (Fsp3) is 0.538. The molecule has 1 aliphatic rings. The van der Waals surface area contributed by atoms with Gasteiger partial charge in [0, 0.05) is 18.6 Å². The van der Waals surface area contributed by atoms with E-state index in [9.17, 15) is 12.8 Å². The Morgan fingerprint density at radius 2 is 2.21 bits per heavy atom. The van der Waals surface area contributed by atoms with Crippen LogP contribution in [0, 0.1) is 5.82 Å². The molecule has 0 bridgehead atoms. The average molecular weight is 286 g/mol. The van der Waals surface area contributed by atoms with Crippen LogP contribution in [0.1, 0.15) is 12.0 Å². The molecule has 1 atom stereocenters. The fourth-order valence-corrected chi connectivity index (χ4v) is 4.73. The second-order valence-electron chi connectivity index (χ2n) is 5.26. The summed E-state index contributed by atoms with van der Waals surface area (Å²) in [5.41, 5.74) is 6.09. The summed E-state index contributed by atoms with van der Waals surface area (Å²) >= 11 is 0. The molecule has 0 aromatic heterocycles. The molecule has 0 spiro atoms. The van der Waals surface area contributed by atoms with Gasteiger partial charge in [-0.15, -0.1) is 0 Å². The van der Waals surface area contributed by atoms with E-state index in [0.29, 0.717) is 13.0 Å². The van der Waals surface area contributed by atoms with E-state index in [1.54, 1.807) is 6.07 Å². The predicted molar refractivity (Wildman–Crippen MR) is 72.9 cm³/mol. The molecule has 1 heterocycles. The highest BCUT2D eigenvalue weighted by Gasteiger charge is 2.44. The third-order valence-corrected chi connectivity index (χ3v) is 5.67. The molecule has 0 saturated carbocycles. The lowest BCUT2D eigenvalue weighted by Gasteiger charge is -2.36. The van der Waals surface area contributed by atoms with Crippen molar-refractivity contribution in [2.75, 3.05) is 25.1 Å². The summed E-state index contributed by atoms with van der Waals surface area (Å²) in [7, 11) is -1.16. The number of halogens is 1. The van der Waals surface area contributed by atoms with Gasteiger partial charge in [-0.3, -0.25) is 4.90 Å². The highest BCUT2D eigenvalue weighted by Crippen LogP contribution is 2.29. The Hall–Kier alpha value is -0.980. The van der Waals surface area contributed by atoms with Crippen molar-refractivity contribution >= 4 is 9.84 Å². The first-order valence-corrected chi connectivity index (χ1v) is 8.05. The summed E-state index contributed by atoms with van der Waals surface area (Å²) in [6.07, 6.45) is 0.539. The first kappa shape index (κ1) is 14.4. The molecule has 1 unspecified atom stereocenters. The zero-order valence-corrected chi connectivity index (χ0v) is 11.8. The van der Waals surface area contributed by atoms with Crippen LogP contribution in [-0.4, -0.2) is 44.0 Å². The maximum absolute atomic E-state index is 13.2. The fourth-order valence-electron chi connectivity index (χ4n) is 2.59. The minimum atomic E-state index is -3.01. The van der Waals surface area contributed by atoms with Crippen LogP contribution < -0.4 is 5.73 Å². The lowest BCUT2D eigenvalue weighted by Crippen LogP contribution is -2.52. The average Bonchev–Trinajstić information content (AvgIpc) is 2.66. The molecule has 19 heavy (non-hydrogen) atoms. The Labute approximate surface area is 113 Å². The molecule has 1 aliphatic heterocycles. The van der Waals surface area contributed by atoms with Gasteiger partial charge in [0.1, 0.15) is 5.82 Å². The molecule has 1 aromatic rings. The summed E-state index contributed by atoms with van der Waals surface area (Å²) in [5, 5.41) is 0. The topological polar surface area (TPSA) is 63.4 Å². The van der Waals surface area contributed by atoms with Gasteiger partial charge in [0.25, 0.3) is 0 Å². The van der Waals surface area contributed by atoms with E-state index in [-0.39, 0.29) is 23.9 Å². The molecule has 0 aliphatic carbocycles. The SMILES string of the molecule is CN(Cc1cccc(F)c1)C1(CN)CCS(=O)(=O)C1. The predicted octanol–water partition coefficient (Wildman–Crippen LogP) is 0.774. The molecule has 0 amide bonds. The van der Waals surface area contributed by atoms with Crippen molar-refractivity contribution < 1.29 is 12.8 Å². The lowest BCUT2D eigenvalue weighted by molar-refractivity contribution is 0.143. The third-order valence-electron chi connectivity index (χ3n) is 3.87. The number of likely N-dealkylation sites (N-methyl/N-ethyl adjacent to an activating group) is 1. The van der Waals surface area contributed by atoms with Gasteiger partial charge in [-0.1, -0.05) is 12.1 Å². The van der Waals surface area contributed by atoms with Crippen LogP contribution >= 0.6 is 0 Å². The normalized spacial score (nSPS) is 25.9. The molecule has 4 nitrogen and oxygen atoms in total. The van der Waals surface area contributed by atoms with Crippen molar-refractivity contribution in [3.8, 4) is 0 Å². The molecule has 1 saturated heterocycles. The number of hydrogen-bond acceptors (Lipinski definition) is 4. The third kappa shape index (κ3) is 3.13. The molecule has 2 rings (SSSR count). The molecule has 1 aromatic carbocycles. The van der Waals surface area contributed by atoms with Crippen molar-refractivity contribution in [1.29, 1.82) is 0 Å². The summed E-state index contributed by atoms with van der Waals surface area (Å²) in [6.45, 7) is 0.780. The highest BCUT2D eigenvalue weighted by molar-refractivity contribution is 7.91. The zero-order valence-electron chi connectivity index (χ0n) is 11.0. The Bertz CT molecular complexity index is 562. The van der Waals surface area contributed by atoms with Gasteiger partial charge >= 0.3 is 0 Å². The van der Waals surface area contributed by atoms with Crippen LogP contribution in [0.15, 0.2) is 24.3 Å². The van der Waals surface area contributed by atoms with Gasteiger partial charge in [-0.2, -0.15) is 0 Å². The van der Waals surface area contributed by atoms with Gasteiger partial charge in [0.2, 0.25) is 0 Å². The smallest absolute Gasteiger partial charge is 0.152 e. The van der Waals surface area contributed by atoms with Crippen LogP contribution in [-0.2, 0) is 16.4 Å². The second-order valence-corrected chi connectivity index (χ2v) is 7.44.